The Labute approximate surface area is 99.2 Å². The molecule has 1 N–H and O–H groups in total. The summed E-state index contributed by atoms with van der Waals surface area (Å²) in [5, 5.41) is 3.03. The third kappa shape index (κ3) is 2.59. The van der Waals surface area contributed by atoms with Gasteiger partial charge in [0.25, 0.3) is 0 Å². The average molecular weight is 273 g/mol. The van der Waals surface area contributed by atoms with Gasteiger partial charge in [0.05, 0.1) is 0 Å². The Hall–Kier alpha value is -0.840. The molecule has 0 aliphatic rings. The van der Waals surface area contributed by atoms with E-state index in [9.17, 15) is 0 Å². The summed E-state index contributed by atoms with van der Waals surface area (Å²) in [4.78, 5) is 10.7. The molecule has 15 heavy (non-hydrogen) atoms. The number of anilines is 2. The highest BCUT2D eigenvalue weighted by Crippen LogP contribution is 2.29. The molecule has 0 unspecified atom stereocenters. The highest BCUT2D eigenvalue weighted by atomic mass is 79.9. The quantitative estimate of drug-likeness (QED) is 0.915. The summed E-state index contributed by atoms with van der Waals surface area (Å²) < 4.78 is 0.919. The van der Waals surface area contributed by atoms with Gasteiger partial charge in [0, 0.05) is 19.6 Å². The Bertz CT molecular complexity index is 327. The fourth-order valence-corrected chi connectivity index (χ4v) is 2.13. The molecule has 84 valence electrons. The van der Waals surface area contributed by atoms with Gasteiger partial charge < -0.3 is 10.2 Å². The van der Waals surface area contributed by atoms with Crippen molar-refractivity contribution in [2.24, 2.45) is 0 Å². The molecule has 0 saturated carbocycles. The number of halogens is 1. The minimum atomic E-state index is 0.422. The molecule has 1 aromatic heterocycles. The van der Waals surface area contributed by atoms with Crippen LogP contribution in [0.3, 0.4) is 0 Å². The Morgan fingerprint density at radius 3 is 2.60 bits per heavy atom. The van der Waals surface area contributed by atoms with Gasteiger partial charge in [-0.1, -0.05) is 0 Å². The summed E-state index contributed by atoms with van der Waals surface area (Å²) in [7, 11) is 1.85. The van der Waals surface area contributed by atoms with E-state index < -0.39 is 0 Å². The highest BCUT2D eigenvalue weighted by molar-refractivity contribution is 9.10. The van der Waals surface area contributed by atoms with E-state index in [0.29, 0.717) is 6.04 Å². The standard InChI is InChI=1S/C10H17BrN4/c1-5-15(7(2)3)10-8(11)9(12-4)13-6-14-10/h6-7H,5H2,1-4H3,(H,12,13,14). The van der Waals surface area contributed by atoms with Crippen molar-refractivity contribution in [2.45, 2.75) is 26.8 Å². The van der Waals surface area contributed by atoms with Gasteiger partial charge in [0.1, 0.15) is 22.4 Å². The zero-order chi connectivity index (χ0) is 11.4. The molecule has 1 aromatic rings. The molecule has 1 rings (SSSR count). The van der Waals surface area contributed by atoms with Gasteiger partial charge in [-0.05, 0) is 36.7 Å². The normalized spacial score (nSPS) is 10.5. The van der Waals surface area contributed by atoms with Gasteiger partial charge in [0.15, 0.2) is 0 Å². The largest absolute Gasteiger partial charge is 0.372 e. The molecule has 1 heterocycles. The summed E-state index contributed by atoms with van der Waals surface area (Å²) >= 11 is 3.52. The second kappa shape index (κ2) is 5.30. The molecule has 0 atom stereocenters. The predicted molar refractivity (Wildman–Crippen MR) is 67.4 cm³/mol. The van der Waals surface area contributed by atoms with Gasteiger partial charge in [-0.25, -0.2) is 9.97 Å². The lowest BCUT2D eigenvalue weighted by molar-refractivity contribution is 0.690. The van der Waals surface area contributed by atoms with Crippen molar-refractivity contribution in [3.05, 3.63) is 10.8 Å². The second-order valence-electron chi connectivity index (χ2n) is 3.49. The van der Waals surface area contributed by atoms with Crippen LogP contribution in [0, 0.1) is 0 Å². The molecule has 0 aliphatic carbocycles. The lowest BCUT2D eigenvalue weighted by Gasteiger charge is -2.27. The number of hydrogen-bond donors (Lipinski definition) is 1. The smallest absolute Gasteiger partial charge is 0.148 e. The van der Waals surface area contributed by atoms with Crippen molar-refractivity contribution in [1.29, 1.82) is 0 Å². The van der Waals surface area contributed by atoms with Crippen molar-refractivity contribution in [3.8, 4) is 0 Å². The fraction of sp³-hybridized carbons (Fsp3) is 0.600. The van der Waals surface area contributed by atoms with E-state index in [1.807, 2.05) is 7.05 Å². The lowest BCUT2D eigenvalue weighted by atomic mass is 10.3. The van der Waals surface area contributed by atoms with Crippen molar-refractivity contribution in [3.63, 3.8) is 0 Å². The SMILES string of the molecule is CCN(c1ncnc(NC)c1Br)C(C)C. The Morgan fingerprint density at radius 1 is 1.47 bits per heavy atom. The molecule has 0 bridgehead atoms. The van der Waals surface area contributed by atoms with Crippen LogP contribution in [0.15, 0.2) is 10.8 Å². The molecule has 0 saturated heterocycles. The van der Waals surface area contributed by atoms with Crippen LogP contribution < -0.4 is 10.2 Å². The van der Waals surface area contributed by atoms with Crippen LogP contribution >= 0.6 is 15.9 Å². The van der Waals surface area contributed by atoms with Gasteiger partial charge in [0.2, 0.25) is 0 Å². The van der Waals surface area contributed by atoms with Gasteiger partial charge in [-0.15, -0.1) is 0 Å². The number of nitrogens with zero attached hydrogens (tertiary/aromatic N) is 3. The third-order valence-electron chi connectivity index (χ3n) is 2.24. The maximum Gasteiger partial charge on any atom is 0.148 e. The fourth-order valence-electron chi connectivity index (χ4n) is 1.49. The molecule has 0 aliphatic heterocycles. The van der Waals surface area contributed by atoms with Crippen LogP contribution in [-0.2, 0) is 0 Å². The Balaban J connectivity index is 3.12. The molecule has 0 amide bonds. The summed E-state index contributed by atoms with van der Waals surface area (Å²) in [5.41, 5.74) is 0. The summed E-state index contributed by atoms with van der Waals surface area (Å²) in [6, 6.07) is 0.422. The molecule has 0 radical (unpaired) electrons. The molecule has 4 nitrogen and oxygen atoms in total. The average Bonchev–Trinajstić information content (AvgIpc) is 2.21. The summed E-state index contributed by atoms with van der Waals surface area (Å²) in [5.74, 6) is 1.76. The minimum absolute atomic E-state index is 0.422. The van der Waals surface area contributed by atoms with E-state index in [0.717, 1.165) is 22.7 Å². The minimum Gasteiger partial charge on any atom is -0.372 e. The summed E-state index contributed by atoms with van der Waals surface area (Å²) in [6.07, 6.45) is 1.58. The van der Waals surface area contributed by atoms with Gasteiger partial charge in [-0.2, -0.15) is 0 Å². The topological polar surface area (TPSA) is 41.1 Å². The zero-order valence-corrected chi connectivity index (χ0v) is 11.2. The van der Waals surface area contributed by atoms with Crippen LogP contribution in [0.4, 0.5) is 11.6 Å². The first-order valence-electron chi connectivity index (χ1n) is 5.06. The number of aromatic nitrogens is 2. The zero-order valence-electron chi connectivity index (χ0n) is 9.58. The monoisotopic (exact) mass is 272 g/mol. The molecular formula is C10H17BrN4. The predicted octanol–water partition coefficient (Wildman–Crippen LogP) is 2.52. The van der Waals surface area contributed by atoms with Crippen molar-refractivity contribution >= 4 is 27.6 Å². The van der Waals surface area contributed by atoms with Crippen LogP contribution in [0.25, 0.3) is 0 Å². The molecule has 0 fully saturated rings. The van der Waals surface area contributed by atoms with Crippen LogP contribution in [0.5, 0.6) is 0 Å². The van der Waals surface area contributed by atoms with Crippen molar-refractivity contribution in [1.82, 2.24) is 9.97 Å². The van der Waals surface area contributed by atoms with E-state index in [4.69, 9.17) is 0 Å². The number of rotatable bonds is 4. The van der Waals surface area contributed by atoms with E-state index in [-0.39, 0.29) is 0 Å². The van der Waals surface area contributed by atoms with Gasteiger partial charge >= 0.3 is 0 Å². The van der Waals surface area contributed by atoms with Crippen molar-refractivity contribution < 1.29 is 0 Å². The van der Waals surface area contributed by atoms with E-state index in [1.165, 1.54) is 0 Å². The molecule has 5 heteroatoms. The second-order valence-corrected chi connectivity index (χ2v) is 4.28. The first kappa shape index (κ1) is 12.2. The van der Waals surface area contributed by atoms with E-state index in [2.05, 4.69) is 56.9 Å². The molecule has 0 aromatic carbocycles. The number of nitrogens with one attached hydrogen (secondary N) is 1. The maximum atomic E-state index is 4.31. The van der Waals surface area contributed by atoms with Crippen LogP contribution in [0.1, 0.15) is 20.8 Å². The molecule has 0 spiro atoms. The van der Waals surface area contributed by atoms with E-state index >= 15 is 0 Å². The number of hydrogen-bond acceptors (Lipinski definition) is 4. The lowest BCUT2D eigenvalue weighted by Crippen LogP contribution is -2.31. The highest BCUT2D eigenvalue weighted by Gasteiger charge is 2.15. The Morgan fingerprint density at radius 2 is 2.13 bits per heavy atom. The first-order chi connectivity index (χ1) is 7.11. The third-order valence-corrected chi connectivity index (χ3v) is 2.97. The Kier molecular flexibility index (Phi) is 4.32. The van der Waals surface area contributed by atoms with E-state index in [1.54, 1.807) is 6.33 Å². The van der Waals surface area contributed by atoms with Crippen molar-refractivity contribution in [2.75, 3.05) is 23.8 Å². The van der Waals surface area contributed by atoms with Crippen LogP contribution in [-0.4, -0.2) is 29.6 Å². The first-order valence-corrected chi connectivity index (χ1v) is 5.86. The summed E-state index contributed by atoms with van der Waals surface area (Å²) in [6.45, 7) is 7.35. The van der Waals surface area contributed by atoms with Crippen LogP contribution in [0.2, 0.25) is 0 Å². The maximum absolute atomic E-state index is 4.31. The van der Waals surface area contributed by atoms with Gasteiger partial charge in [-0.3, -0.25) is 0 Å². The molecular weight excluding hydrogens is 256 g/mol.